The van der Waals surface area contributed by atoms with E-state index in [-0.39, 0.29) is 40.9 Å². The van der Waals surface area contributed by atoms with E-state index in [1.54, 1.807) is 12.1 Å². The van der Waals surface area contributed by atoms with Crippen molar-refractivity contribution >= 4 is 16.7 Å². The molecule has 1 aromatic heterocycles. The number of nitrogens with one attached hydrogen (secondary N) is 1. The number of benzene rings is 3. The molecule has 0 aliphatic carbocycles. The van der Waals surface area contributed by atoms with Crippen LogP contribution in [0.5, 0.6) is 6.01 Å². The average molecular weight is 518 g/mol. The van der Waals surface area contributed by atoms with Gasteiger partial charge in [-0.05, 0) is 54.5 Å². The SMILES string of the molecule is Fc1cc2[nH]c(OC3CO[C@@H]4CCO[C@H]34)nc2c(F)c1-c1ccc(-c2ccc(N3CCCCC3)cc2)cc1. The lowest BCUT2D eigenvalue weighted by Gasteiger charge is -2.28. The molecule has 3 atom stereocenters. The van der Waals surface area contributed by atoms with Crippen molar-refractivity contribution in [2.45, 2.75) is 44.0 Å². The standard InChI is InChI=1S/C30H29F2N3O3/c31-22-16-23-28(34-30(33-23)38-25-17-37-24-12-15-36-29(24)25)27(32)26(22)20-6-4-18(5-7-20)19-8-10-21(11-9-19)35-13-2-1-3-14-35/h4-11,16,24-25,29H,1-3,12-15,17H2,(H,33,34)/t24-,25?,29+/m1/s1. The molecule has 0 saturated carbocycles. The summed E-state index contributed by atoms with van der Waals surface area (Å²) in [5.41, 5.74) is 3.91. The normalized spacial score (nSPS) is 23.2. The van der Waals surface area contributed by atoms with E-state index in [9.17, 15) is 0 Å². The van der Waals surface area contributed by atoms with Crippen LogP contribution < -0.4 is 9.64 Å². The summed E-state index contributed by atoms with van der Waals surface area (Å²) in [6.45, 7) is 3.20. The number of piperidine rings is 1. The van der Waals surface area contributed by atoms with Crippen LogP contribution >= 0.6 is 0 Å². The molecule has 0 radical (unpaired) electrons. The van der Waals surface area contributed by atoms with Gasteiger partial charge in [0, 0.05) is 31.5 Å². The Labute approximate surface area is 219 Å². The van der Waals surface area contributed by atoms with E-state index in [1.807, 2.05) is 12.1 Å². The third-order valence-electron chi connectivity index (χ3n) is 7.93. The van der Waals surface area contributed by atoms with Crippen LogP contribution in [0.25, 0.3) is 33.3 Å². The molecule has 3 saturated heterocycles. The van der Waals surface area contributed by atoms with Gasteiger partial charge in [-0.2, -0.15) is 4.98 Å². The first-order valence-electron chi connectivity index (χ1n) is 13.4. The number of rotatable bonds is 5. The molecule has 0 bridgehead atoms. The first kappa shape index (κ1) is 23.6. The van der Waals surface area contributed by atoms with Crippen LogP contribution in [0, 0.1) is 11.6 Å². The molecule has 0 spiro atoms. The summed E-state index contributed by atoms with van der Waals surface area (Å²) in [5.74, 6) is -1.38. The Morgan fingerprint density at radius 2 is 1.61 bits per heavy atom. The number of fused-ring (bicyclic) bond motifs is 2. The topological polar surface area (TPSA) is 59.6 Å². The van der Waals surface area contributed by atoms with Gasteiger partial charge in [0.2, 0.25) is 0 Å². The van der Waals surface area contributed by atoms with Crippen LogP contribution in [0.3, 0.4) is 0 Å². The number of imidazole rings is 1. The number of ether oxygens (including phenoxy) is 3. The average Bonchev–Trinajstić information content (AvgIpc) is 3.67. The van der Waals surface area contributed by atoms with Gasteiger partial charge in [-0.15, -0.1) is 0 Å². The van der Waals surface area contributed by atoms with Crippen molar-refractivity contribution in [2.24, 2.45) is 0 Å². The molecular weight excluding hydrogens is 488 g/mol. The van der Waals surface area contributed by atoms with E-state index >= 15 is 8.78 Å². The molecule has 7 rings (SSSR count). The zero-order chi connectivity index (χ0) is 25.6. The number of aromatic amines is 1. The second-order valence-corrected chi connectivity index (χ2v) is 10.3. The summed E-state index contributed by atoms with van der Waals surface area (Å²) in [5, 5.41) is 0. The molecule has 6 nitrogen and oxygen atoms in total. The smallest absolute Gasteiger partial charge is 0.295 e. The zero-order valence-corrected chi connectivity index (χ0v) is 21.0. The van der Waals surface area contributed by atoms with Crippen molar-refractivity contribution in [3.63, 3.8) is 0 Å². The molecule has 38 heavy (non-hydrogen) atoms. The summed E-state index contributed by atoms with van der Waals surface area (Å²) in [6.07, 6.45) is 4.12. The fraction of sp³-hybridized carbons (Fsp3) is 0.367. The Kier molecular flexibility index (Phi) is 6.01. The van der Waals surface area contributed by atoms with Gasteiger partial charge in [0.25, 0.3) is 6.01 Å². The van der Waals surface area contributed by atoms with E-state index in [1.165, 1.54) is 31.0 Å². The number of halogens is 2. The molecule has 1 unspecified atom stereocenters. The third-order valence-corrected chi connectivity index (χ3v) is 7.93. The van der Waals surface area contributed by atoms with Crippen molar-refractivity contribution in [1.29, 1.82) is 0 Å². The van der Waals surface area contributed by atoms with Crippen LogP contribution in [-0.2, 0) is 9.47 Å². The number of hydrogen-bond donors (Lipinski definition) is 1. The molecule has 196 valence electrons. The number of aromatic nitrogens is 2. The minimum Gasteiger partial charge on any atom is -0.456 e. The zero-order valence-electron chi connectivity index (χ0n) is 21.0. The van der Waals surface area contributed by atoms with Gasteiger partial charge in [-0.3, -0.25) is 0 Å². The van der Waals surface area contributed by atoms with Gasteiger partial charge < -0.3 is 24.1 Å². The lowest BCUT2D eigenvalue weighted by Crippen LogP contribution is -2.32. The van der Waals surface area contributed by atoms with E-state index < -0.39 is 11.6 Å². The van der Waals surface area contributed by atoms with Crippen molar-refractivity contribution < 1.29 is 23.0 Å². The predicted molar refractivity (Wildman–Crippen MR) is 141 cm³/mol. The highest BCUT2D eigenvalue weighted by molar-refractivity contribution is 5.84. The maximum absolute atomic E-state index is 15.6. The van der Waals surface area contributed by atoms with Gasteiger partial charge >= 0.3 is 0 Å². The lowest BCUT2D eigenvalue weighted by atomic mass is 9.99. The molecule has 3 aromatic carbocycles. The quantitative estimate of drug-likeness (QED) is 0.347. The Morgan fingerprint density at radius 1 is 0.895 bits per heavy atom. The summed E-state index contributed by atoms with van der Waals surface area (Å²) in [4.78, 5) is 9.61. The number of hydrogen-bond acceptors (Lipinski definition) is 5. The predicted octanol–water partition coefficient (Wildman–Crippen LogP) is 6.10. The fourth-order valence-corrected chi connectivity index (χ4v) is 5.90. The minimum atomic E-state index is -0.720. The Balaban J connectivity index is 1.12. The van der Waals surface area contributed by atoms with Gasteiger partial charge in [-0.25, -0.2) is 8.78 Å². The van der Waals surface area contributed by atoms with Crippen LogP contribution in [0.4, 0.5) is 14.5 Å². The lowest BCUT2D eigenvalue weighted by molar-refractivity contribution is 0.0273. The van der Waals surface area contributed by atoms with Crippen molar-refractivity contribution in [3.8, 4) is 28.3 Å². The summed E-state index contributed by atoms with van der Waals surface area (Å²) >= 11 is 0. The molecule has 4 aromatic rings. The summed E-state index contributed by atoms with van der Waals surface area (Å²) < 4.78 is 48.0. The number of nitrogens with zero attached hydrogens (tertiary/aromatic N) is 2. The molecule has 4 heterocycles. The maximum Gasteiger partial charge on any atom is 0.295 e. The Bertz CT molecular complexity index is 1450. The molecular formula is C30H29F2N3O3. The van der Waals surface area contributed by atoms with Crippen molar-refractivity contribution in [1.82, 2.24) is 9.97 Å². The van der Waals surface area contributed by atoms with Crippen LogP contribution in [0.1, 0.15) is 25.7 Å². The summed E-state index contributed by atoms with van der Waals surface area (Å²) in [6, 6.07) is 17.2. The second kappa shape index (κ2) is 9.67. The van der Waals surface area contributed by atoms with Crippen LogP contribution in [0.15, 0.2) is 54.6 Å². The van der Waals surface area contributed by atoms with Crippen LogP contribution in [0.2, 0.25) is 0 Å². The van der Waals surface area contributed by atoms with Gasteiger partial charge in [-0.1, -0.05) is 36.4 Å². The minimum absolute atomic E-state index is 0.0146. The highest BCUT2D eigenvalue weighted by Crippen LogP contribution is 2.35. The fourth-order valence-electron chi connectivity index (χ4n) is 5.90. The van der Waals surface area contributed by atoms with Gasteiger partial charge in [0.05, 0.1) is 23.8 Å². The van der Waals surface area contributed by atoms with Crippen LogP contribution in [-0.4, -0.2) is 54.6 Å². The van der Waals surface area contributed by atoms with E-state index in [0.717, 1.165) is 30.6 Å². The molecule has 3 aliphatic heterocycles. The molecule has 1 N–H and O–H groups in total. The summed E-state index contributed by atoms with van der Waals surface area (Å²) in [7, 11) is 0. The first-order valence-corrected chi connectivity index (χ1v) is 13.4. The molecule has 3 fully saturated rings. The van der Waals surface area contributed by atoms with E-state index in [0.29, 0.717) is 18.8 Å². The number of anilines is 1. The van der Waals surface area contributed by atoms with Crippen molar-refractivity contribution in [2.75, 3.05) is 31.2 Å². The number of H-pyrrole nitrogens is 1. The molecule has 3 aliphatic rings. The van der Waals surface area contributed by atoms with E-state index in [2.05, 4.69) is 39.1 Å². The Hall–Kier alpha value is -3.49. The van der Waals surface area contributed by atoms with Gasteiger partial charge in [0.15, 0.2) is 11.9 Å². The maximum atomic E-state index is 15.6. The molecule has 0 amide bonds. The first-order chi connectivity index (χ1) is 18.6. The van der Waals surface area contributed by atoms with Crippen molar-refractivity contribution in [3.05, 3.63) is 66.2 Å². The Morgan fingerprint density at radius 3 is 2.37 bits per heavy atom. The highest BCUT2D eigenvalue weighted by atomic mass is 19.1. The highest BCUT2D eigenvalue weighted by Gasteiger charge is 2.43. The second-order valence-electron chi connectivity index (χ2n) is 10.3. The van der Waals surface area contributed by atoms with E-state index in [4.69, 9.17) is 14.2 Å². The largest absolute Gasteiger partial charge is 0.456 e. The third kappa shape index (κ3) is 4.22. The monoisotopic (exact) mass is 517 g/mol. The molecule has 8 heteroatoms. The van der Waals surface area contributed by atoms with Gasteiger partial charge in [0.1, 0.15) is 17.4 Å².